The molecule has 0 N–H and O–H groups in total. The molecule has 0 aliphatic heterocycles. The summed E-state index contributed by atoms with van der Waals surface area (Å²) in [5.41, 5.74) is 2.45. The van der Waals surface area contributed by atoms with Crippen LogP contribution >= 0.6 is 11.8 Å². The van der Waals surface area contributed by atoms with E-state index < -0.39 is 10.7 Å². The fraction of sp³-hybridized carbons (Fsp3) is 0.318. The summed E-state index contributed by atoms with van der Waals surface area (Å²) in [4.78, 5) is 21.7. The van der Waals surface area contributed by atoms with E-state index in [1.165, 1.54) is 24.0 Å². The van der Waals surface area contributed by atoms with Crippen molar-refractivity contribution in [3.63, 3.8) is 0 Å². The van der Waals surface area contributed by atoms with Crippen LogP contribution in [0.5, 0.6) is 0 Å². The fourth-order valence-electron chi connectivity index (χ4n) is 3.17. The smallest absolute Gasteiger partial charge is 0.322 e. The summed E-state index contributed by atoms with van der Waals surface area (Å²) < 4.78 is 18.2. The van der Waals surface area contributed by atoms with Gasteiger partial charge in [0, 0.05) is 28.7 Å². The molecule has 0 aliphatic carbocycles. The standard InChI is InChI=1S/C22H23FN2O2S/c1-4-22(5-2,21(26)27-6-3)28-19-10-12-24-18-8-7-15(13-17(18)19)16-9-11-25-20(23)14-16/h7-14H,4-6H2,1-3H3. The number of carbonyl (C=O) groups excluding carboxylic acids is 1. The number of aromatic nitrogens is 2. The third-order valence-electron chi connectivity index (χ3n) is 4.86. The number of nitrogens with zero attached hydrogens (tertiary/aromatic N) is 2. The van der Waals surface area contributed by atoms with E-state index in [2.05, 4.69) is 9.97 Å². The lowest BCUT2D eigenvalue weighted by molar-refractivity contribution is -0.146. The predicted molar refractivity (Wildman–Crippen MR) is 111 cm³/mol. The van der Waals surface area contributed by atoms with E-state index >= 15 is 0 Å². The van der Waals surface area contributed by atoms with Crippen LogP contribution in [0.25, 0.3) is 22.0 Å². The summed E-state index contributed by atoms with van der Waals surface area (Å²) in [5.74, 6) is -0.709. The molecule has 3 aromatic rings. The third-order valence-corrected chi connectivity index (χ3v) is 6.57. The van der Waals surface area contributed by atoms with Gasteiger partial charge in [0.05, 0.1) is 12.1 Å². The van der Waals surface area contributed by atoms with E-state index in [9.17, 15) is 9.18 Å². The van der Waals surface area contributed by atoms with Crippen molar-refractivity contribution in [2.45, 2.75) is 43.3 Å². The Hall–Kier alpha value is -2.47. The van der Waals surface area contributed by atoms with E-state index in [1.54, 1.807) is 12.3 Å². The molecule has 2 aromatic heterocycles. The van der Waals surface area contributed by atoms with E-state index in [4.69, 9.17) is 4.74 Å². The second-order valence-corrected chi connectivity index (χ2v) is 7.86. The Morgan fingerprint density at radius 3 is 2.43 bits per heavy atom. The summed E-state index contributed by atoms with van der Waals surface area (Å²) in [7, 11) is 0. The number of halogens is 1. The zero-order chi connectivity index (χ0) is 20.1. The number of hydrogen-bond acceptors (Lipinski definition) is 5. The first-order valence-corrected chi connectivity index (χ1v) is 10.2. The maximum absolute atomic E-state index is 13.5. The summed E-state index contributed by atoms with van der Waals surface area (Å²) in [6.07, 6.45) is 4.52. The van der Waals surface area contributed by atoms with Crippen LogP contribution < -0.4 is 0 Å². The van der Waals surface area contributed by atoms with Crippen molar-refractivity contribution in [1.29, 1.82) is 0 Å². The SMILES string of the molecule is CCOC(=O)C(CC)(CC)Sc1ccnc2ccc(-c3ccnc(F)c3)cc12. The molecule has 0 radical (unpaired) electrons. The number of hydrogen-bond donors (Lipinski definition) is 0. The number of carbonyl (C=O) groups is 1. The molecule has 0 bridgehead atoms. The quantitative estimate of drug-likeness (QED) is 0.292. The van der Waals surface area contributed by atoms with E-state index in [1.807, 2.05) is 45.0 Å². The van der Waals surface area contributed by atoms with Gasteiger partial charge in [-0.2, -0.15) is 4.39 Å². The van der Waals surface area contributed by atoms with Crippen molar-refractivity contribution in [2.24, 2.45) is 0 Å². The lowest BCUT2D eigenvalue weighted by Crippen LogP contribution is -2.35. The minimum atomic E-state index is -0.650. The monoisotopic (exact) mass is 398 g/mol. The zero-order valence-corrected chi connectivity index (χ0v) is 17.1. The number of benzene rings is 1. The van der Waals surface area contributed by atoms with Gasteiger partial charge in [0.25, 0.3) is 0 Å². The van der Waals surface area contributed by atoms with Crippen molar-refractivity contribution in [2.75, 3.05) is 6.61 Å². The maximum Gasteiger partial charge on any atom is 0.322 e. The highest BCUT2D eigenvalue weighted by molar-refractivity contribution is 8.01. The van der Waals surface area contributed by atoms with Gasteiger partial charge in [0.1, 0.15) is 4.75 Å². The van der Waals surface area contributed by atoms with Crippen LogP contribution in [-0.2, 0) is 9.53 Å². The molecule has 0 aliphatic rings. The van der Waals surface area contributed by atoms with Crippen molar-refractivity contribution in [3.05, 3.63) is 54.7 Å². The molecule has 2 heterocycles. The maximum atomic E-state index is 13.5. The molecule has 28 heavy (non-hydrogen) atoms. The number of rotatable bonds is 7. The summed E-state index contributed by atoms with van der Waals surface area (Å²) in [6, 6.07) is 10.9. The van der Waals surface area contributed by atoms with Gasteiger partial charge < -0.3 is 4.74 Å². The lowest BCUT2D eigenvalue weighted by atomic mass is 10.0. The molecule has 6 heteroatoms. The second-order valence-electron chi connectivity index (χ2n) is 6.43. The molecule has 0 saturated heterocycles. The normalized spacial score (nSPS) is 11.6. The average Bonchev–Trinajstić information content (AvgIpc) is 2.72. The van der Waals surface area contributed by atoms with Crippen LogP contribution in [0.4, 0.5) is 4.39 Å². The van der Waals surface area contributed by atoms with Crippen LogP contribution in [0.1, 0.15) is 33.6 Å². The minimum absolute atomic E-state index is 0.192. The summed E-state index contributed by atoms with van der Waals surface area (Å²) in [6.45, 7) is 6.18. The molecular formula is C22H23FN2O2S. The van der Waals surface area contributed by atoms with Gasteiger partial charge in [0.2, 0.25) is 5.95 Å². The highest BCUT2D eigenvalue weighted by Crippen LogP contribution is 2.42. The van der Waals surface area contributed by atoms with Gasteiger partial charge in [0.15, 0.2) is 0 Å². The van der Waals surface area contributed by atoms with Crippen LogP contribution in [0, 0.1) is 5.95 Å². The Morgan fingerprint density at radius 1 is 1.04 bits per heavy atom. The molecule has 0 atom stereocenters. The van der Waals surface area contributed by atoms with Crippen molar-refractivity contribution in [1.82, 2.24) is 9.97 Å². The Kier molecular flexibility index (Phi) is 6.29. The Labute approximate surface area is 168 Å². The topological polar surface area (TPSA) is 52.1 Å². The van der Waals surface area contributed by atoms with E-state index in [0.29, 0.717) is 19.4 Å². The minimum Gasteiger partial charge on any atom is -0.465 e. The molecule has 0 saturated carbocycles. The molecule has 0 spiro atoms. The fourth-order valence-corrected chi connectivity index (χ4v) is 4.42. The molecule has 146 valence electrons. The van der Waals surface area contributed by atoms with Crippen molar-refractivity contribution >= 4 is 28.6 Å². The van der Waals surface area contributed by atoms with Gasteiger partial charge in [-0.3, -0.25) is 9.78 Å². The molecule has 0 fully saturated rings. The first-order valence-electron chi connectivity index (χ1n) is 9.40. The first-order chi connectivity index (χ1) is 13.5. The van der Waals surface area contributed by atoms with Crippen molar-refractivity contribution in [3.8, 4) is 11.1 Å². The van der Waals surface area contributed by atoms with Crippen LogP contribution in [0.15, 0.2) is 53.7 Å². The van der Waals surface area contributed by atoms with E-state index in [-0.39, 0.29) is 5.97 Å². The number of ether oxygens (including phenoxy) is 1. The Morgan fingerprint density at radius 2 is 1.75 bits per heavy atom. The number of fused-ring (bicyclic) bond motifs is 1. The summed E-state index contributed by atoms with van der Waals surface area (Å²) in [5, 5.41) is 0.929. The predicted octanol–water partition coefficient (Wildman–Crippen LogP) is 5.65. The Bertz CT molecular complexity index is 989. The Balaban J connectivity index is 2.08. The van der Waals surface area contributed by atoms with Gasteiger partial charge in [-0.05, 0) is 55.2 Å². The summed E-state index contributed by atoms with van der Waals surface area (Å²) >= 11 is 1.52. The molecule has 0 unspecified atom stereocenters. The molecule has 4 nitrogen and oxygen atoms in total. The lowest BCUT2D eigenvalue weighted by Gasteiger charge is -2.28. The average molecular weight is 399 g/mol. The van der Waals surface area contributed by atoms with Crippen molar-refractivity contribution < 1.29 is 13.9 Å². The molecule has 3 rings (SSSR count). The highest BCUT2D eigenvalue weighted by atomic mass is 32.2. The molecule has 1 aromatic carbocycles. The number of esters is 1. The third kappa shape index (κ3) is 4.02. The highest BCUT2D eigenvalue weighted by Gasteiger charge is 2.38. The molecule has 0 amide bonds. The largest absolute Gasteiger partial charge is 0.465 e. The molecular weight excluding hydrogens is 375 g/mol. The zero-order valence-electron chi connectivity index (χ0n) is 16.2. The number of pyridine rings is 2. The van der Waals surface area contributed by atoms with Gasteiger partial charge in [-0.1, -0.05) is 19.9 Å². The van der Waals surface area contributed by atoms with Gasteiger partial charge in [-0.25, -0.2) is 4.98 Å². The second kappa shape index (κ2) is 8.69. The van der Waals surface area contributed by atoms with Crippen LogP contribution in [0.2, 0.25) is 0 Å². The van der Waals surface area contributed by atoms with Crippen LogP contribution in [-0.4, -0.2) is 27.3 Å². The van der Waals surface area contributed by atoms with E-state index in [0.717, 1.165) is 26.9 Å². The first kappa shape index (κ1) is 20.3. The number of thioether (sulfide) groups is 1. The van der Waals surface area contributed by atoms with Gasteiger partial charge >= 0.3 is 5.97 Å². The van der Waals surface area contributed by atoms with Gasteiger partial charge in [-0.15, -0.1) is 11.8 Å². The van der Waals surface area contributed by atoms with Crippen LogP contribution in [0.3, 0.4) is 0 Å².